The van der Waals surface area contributed by atoms with E-state index in [1.165, 1.54) is 0 Å². The number of carbonyl (C=O) groups is 2. The molecule has 1 saturated heterocycles. The average molecular weight is 269 g/mol. The van der Waals surface area contributed by atoms with Crippen LogP contribution in [-0.4, -0.2) is 16.8 Å². The fourth-order valence-corrected chi connectivity index (χ4v) is 2.08. The van der Waals surface area contributed by atoms with Crippen LogP contribution in [0.1, 0.15) is 18.4 Å². The highest BCUT2D eigenvalue weighted by Gasteiger charge is 2.31. The Balaban J connectivity index is 2.43. The predicted molar refractivity (Wildman–Crippen MR) is 69.1 cm³/mol. The molecule has 1 aliphatic heterocycles. The molecule has 1 heterocycles. The van der Waals surface area contributed by atoms with Crippen molar-refractivity contribution in [3.05, 3.63) is 28.8 Å². The number of nitrogens with two attached hydrogens (primary N) is 1. The molecule has 0 radical (unpaired) electrons. The molecule has 0 unspecified atom stereocenters. The standard InChI is InChI=1S/C11H9ClN2O2S/c12-7-5-6(11(13)17)1-2-8(7)14-9(15)3-4-10(14)16/h1-2,5H,3-4H2,(H2,13,17). The van der Waals surface area contributed by atoms with Crippen LogP contribution >= 0.6 is 23.8 Å². The number of hydrogen-bond acceptors (Lipinski definition) is 3. The van der Waals surface area contributed by atoms with E-state index in [-0.39, 0.29) is 29.6 Å². The summed E-state index contributed by atoms with van der Waals surface area (Å²) in [4.78, 5) is 24.4. The highest BCUT2D eigenvalue weighted by molar-refractivity contribution is 7.80. The van der Waals surface area contributed by atoms with Gasteiger partial charge >= 0.3 is 0 Å². The van der Waals surface area contributed by atoms with Gasteiger partial charge in [0.1, 0.15) is 4.99 Å². The zero-order valence-corrected chi connectivity index (χ0v) is 10.3. The van der Waals surface area contributed by atoms with Gasteiger partial charge < -0.3 is 5.73 Å². The summed E-state index contributed by atoms with van der Waals surface area (Å²) in [7, 11) is 0. The van der Waals surface area contributed by atoms with Crippen molar-refractivity contribution in [1.29, 1.82) is 0 Å². The van der Waals surface area contributed by atoms with Gasteiger partial charge in [-0.2, -0.15) is 0 Å². The van der Waals surface area contributed by atoms with E-state index in [2.05, 4.69) is 0 Å². The highest BCUT2D eigenvalue weighted by atomic mass is 35.5. The maximum absolute atomic E-state index is 11.6. The summed E-state index contributed by atoms with van der Waals surface area (Å²) < 4.78 is 0. The number of anilines is 1. The van der Waals surface area contributed by atoms with Gasteiger partial charge in [-0.05, 0) is 18.2 Å². The molecule has 1 aromatic rings. The first kappa shape index (κ1) is 12.0. The van der Waals surface area contributed by atoms with Gasteiger partial charge in [0.15, 0.2) is 0 Å². The van der Waals surface area contributed by atoms with Crippen LogP contribution in [0.15, 0.2) is 18.2 Å². The Morgan fingerprint density at radius 2 is 1.88 bits per heavy atom. The van der Waals surface area contributed by atoms with E-state index in [1.54, 1.807) is 18.2 Å². The lowest BCUT2D eigenvalue weighted by Gasteiger charge is -2.15. The normalized spacial score (nSPS) is 15.5. The quantitative estimate of drug-likeness (QED) is 0.654. The summed E-state index contributed by atoms with van der Waals surface area (Å²) in [5.41, 5.74) is 6.46. The number of amides is 2. The lowest BCUT2D eigenvalue weighted by atomic mass is 10.2. The van der Waals surface area contributed by atoms with Crippen molar-refractivity contribution in [2.75, 3.05) is 4.90 Å². The van der Waals surface area contributed by atoms with E-state index in [0.29, 0.717) is 16.3 Å². The van der Waals surface area contributed by atoms with Gasteiger partial charge in [0.05, 0.1) is 10.7 Å². The van der Waals surface area contributed by atoms with Crippen molar-refractivity contribution >= 4 is 46.3 Å². The third kappa shape index (κ3) is 2.16. The number of rotatable bonds is 2. The molecule has 1 fully saturated rings. The van der Waals surface area contributed by atoms with Gasteiger partial charge in [-0.15, -0.1) is 0 Å². The van der Waals surface area contributed by atoms with Crippen molar-refractivity contribution in [2.24, 2.45) is 5.73 Å². The molecule has 1 aliphatic rings. The zero-order valence-electron chi connectivity index (χ0n) is 8.77. The maximum atomic E-state index is 11.6. The van der Waals surface area contributed by atoms with E-state index in [4.69, 9.17) is 29.6 Å². The average Bonchev–Trinajstić information content (AvgIpc) is 2.59. The fraction of sp³-hybridized carbons (Fsp3) is 0.182. The Labute approximate surface area is 108 Å². The Bertz CT molecular complexity index is 514. The summed E-state index contributed by atoms with van der Waals surface area (Å²) in [5, 5.41) is 0.291. The van der Waals surface area contributed by atoms with Crippen LogP contribution in [0.3, 0.4) is 0 Å². The smallest absolute Gasteiger partial charge is 0.234 e. The third-order valence-electron chi connectivity index (χ3n) is 2.52. The van der Waals surface area contributed by atoms with E-state index in [9.17, 15) is 9.59 Å². The Kier molecular flexibility index (Phi) is 3.13. The van der Waals surface area contributed by atoms with Crippen molar-refractivity contribution in [1.82, 2.24) is 0 Å². The monoisotopic (exact) mass is 268 g/mol. The molecule has 17 heavy (non-hydrogen) atoms. The molecule has 1 aromatic carbocycles. The first-order chi connectivity index (χ1) is 8.00. The maximum Gasteiger partial charge on any atom is 0.234 e. The van der Waals surface area contributed by atoms with E-state index in [1.807, 2.05) is 0 Å². The molecule has 0 aliphatic carbocycles. The van der Waals surface area contributed by atoms with Crippen molar-refractivity contribution < 1.29 is 9.59 Å². The molecule has 2 amide bonds. The molecule has 4 nitrogen and oxygen atoms in total. The first-order valence-electron chi connectivity index (χ1n) is 4.96. The third-order valence-corrected chi connectivity index (χ3v) is 3.06. The summed E-state index contributed by atoms with van der Waals surface area (Å²) in [5.74, 6) is -0.472. The van der Waals surface area contributed by atoms with Gasteiger partial charge in [0, 0.05) is 18.4 Å². The van der Waals surface area contributed by atoms with Gasteiger partial charge in [-0.3, -0.25) is 9.59 Å². The molecule has 88 valence electrons. The number of hydrogen-bond donors (Lipinski definition) is 1. The Hall–Kier alpha value is -1.46. The summed E-state index contributed by atoms with van der Waals surface area (Å²) in [6, 6.07) is 4.78. The van der Waals surface area contributed by atoms with Crippen LogP contribution in [0.4, 0.5) is 5.69 Å². The zero-order chi connectivity index (χ0) is 12.6. The molecule has 6 heteroatoms. The van der Waals surface area contributed by atoms with Gasteiger partial charge in [0.2, 0.25) is 11.8 Å². The van der Waals surface area contributed by atoms with Crippen LogP contribution in [0, 0.1) is 0 Å². The predicted octanol–water partition coefficient (Wildman–Crippen LogP) is 1.63. The van der Waals surface area contributed by atoms with Gasteiger partial charge in [-0.25, -0.2) is 4.90 Å². The van der Waals surface area contributed by atoms with Gasteiger partial charge in [0.25, 0.3) is 0 Å². The Morgan fingerprint density at radius 3 is 2.35 bits per heavy atom. The van der Waals surface area contributed by atoms with E-state index < -0.39 is 0 Å². The topological polar surface area (TPSA) is 63.4 Å². The van der Waals surface area contributed by atoms with Crippen LogP contribution in [0.5, 0.6) is 0 Å². The second kappa shape index (κ2) is 4.43. The minimum Gasteiger partial charge on any atom is -0.389 e. The number of thiocarbonyl (C=S) groups is 1. The van der Waals surface area contributed by atoms with Crippen molar-refractivity contribution in [3.8, 4) is 0 Å². The molecule has 0 atom stereocenters. The van der Waals surface area contributed by atoms with Crippen LogP contribution in [0.25, 0.3) is 0 Å². The molecule has 0 bridgehead atoms. The van der Waals surface area contributed by atoms with Gasteiger partial charge in [-0.1, -0.05) is 23.8 Å². The highest BCUT2D eigenvalue weighted by Crippen LogP contribution is 2.30. The molecule has 0 aromatic heterocycles. The lowest BCUT2D eigenvalue weighted by molar-refractivity contribution is -0.121. The number of carbonyl (C=O) groups excluding carboxylic acids is 2. The second-order valence-corrected chi connectivity index (χ2v) is 4.50. The SMILES string of the molecule is NC(=S)c1ccc(N2C(=O)CCC2=O)c(Cl)c1. The molecule has 0 saturated carbocycles. The fourth-order valence-electron chi connectivity index (χ4n) is 1.69. The molecular formula is C11H9ClN2O2S. The first-order valence-corrected chi connectivity index (χ1v) is 5.74. The summed E-state index contributed by atoms with van der Waals surface area (Å²) >= 11 is 10.8. The number of halogens is 1. The van der Waals surface area contributed by atoms with Crippen molar-refractivity contribution in [3.63, 3.8) is 0 Å². The second-order valence-electron chi connectivity index (χ2n) is 3.65. The summed E-state index contributed by atoms with van der Waals surface area (Å²) in [6.45, 7) is 0. The molecular weight excluding hydrogens is 260 g/mol. The van der Waals surface area contributed by atoms with Crippen LogP contribution in [-0.2, 0) is 9.59 Å². The van der Waals surface area contributed by atoms with E-state index >= 15 is 0 Å². The lowest BCUT2D eigenvalue weighted by Crippen LogP contribution is -2.28. The minimum atomic E-state index is -0.236. The number of benzene rings is 1. The van der Waals surface area contributed by atoms with E-state index in [0.717, 1.165) is 4.90 Å². The largest absolute Gasteiger partial charge is 0.389 e. The molecule has 2 N–H and O–H groups in total. The summed E-state index contributed by atoms with van der Waals surface area (Å²) in [6.07, 6.45) is 0.457. The minimum absolute atomic E-state index is 0.220. The van der Waals surface area contributed by atoms with Crippen LogP contribution < -0.4 is 10.6 Å². The number of nitrogens with zero attached hydrogens (tertiary/aromatic N) is 1. The molecule has 0 spiro atoms. The van der Waals surface area contributed by atoms with Crippen molar-refractivity contribution in [2.45, 2.75) is 12.8 Å². The molecule has 2 rings (SSSR count). The number of imide groups is 1. The van der Waals surface area contributed by atoms with Crippen LogP contribution in [0.2, 0.25) is 5.02 Å². The Morgan fingerprint density at radius 1 is 1.29 bits per heavy atom.